The fourth-order valence-corrected chi connectivity index (χ4v) is 1.02. The summed E-state index contributed by atoms with van der Waals surface area (Å²) in [5.41, 5.74) is 0. The zero-order valence-corrected chi connectivity index (χ0v) is 8.36. The quantitative estimate of drug-likeness (QED) is 0.614. The lowest BCUT2D eigenvalue weighted by Crippen LogP contribution is -2.24. The predicted molar refractivity (Wildman–Crippen MR) is 50.7 cm³/mol. The maximum Gasteiger partial charge on any atom is 0.303 e. The molecule has 0 fully saturated rings. The fourth-order valence-electron chi connectivity index (χ4n) is 1.02. The van der Waals surface area contributed by atoms with Gasteiger partial charge in [-0.15, -0.1) is 0 Å². The van der Waals surface area contributed by atoms with Crippen LogP contribution in [0.25, 0.3) is 0 Å². The van der Waals surface area contributed by atoms with E-state index >= 15 is 0 Å². The summed E-state index contributed by atoms with van der Waals surface area (Å²) in [5.74, 6) is -0.746. The Hall–Kier alpha value is -0.610. The summed E-state index contributed by atoms with van der Waals surface area (Å²) in [4.78, 5) is 12.2. The Morgan fingerprint density at radius 3 is 2.54 bits per heavy atom. The first kappa shape index (κ1) is 12.4. The lowest BCUT2D eigenvalue weighted by atomic mass is 10.2. The summed E-state index contributed by atoms with van der Waals surface area (Å²) in [5, 5.41) is 17.4. The van der Waals surface area contributed by atoms with Crippen LogP contribution in [0.3, 0.4) is 0 Å². The second-order valence-corrected chi connectivity index (χ2v) is 3.44. The van der Waals surface area contributed by atoms with E-state index in [1.54, 1.807) is 6.92 Å². The van der Waals surface area contributed by atoms with Crippen LogP contribution in [0.4, 0.5) is 0 Å². The zero-order valence-electron chi connectivity index (χ0n) is 8.36. The first-order valence-corrected chi connectivity index (χ1v) is 4.60. The third kappa shape index (κ3) is 9.30. The zero-order chi connectivity index (χ0) is 10.3. The Morgan fingerprint density at radius 1 is 1.46 bits per heavy atom. The number of carbonyl (C=O) groups is 1. The first-order valence-electron chi connectivity index (χ1n) is 4.60. The monoisotopic (exact) mass is 189 g/mol. The van der Waals surface area contributed by atoms with Gasteiger partial charge >= 0.3 is 5.97 Å². The molecule has 0 aromatic heterocycles. The van der Waals surface area contributed by atoms with Gasteiger partial charge in [0.25, 0.3) is 0 Å². The van der Waals surface area contributed by atoms with Crippen molar-refractivity contribution in [2.24, 2.45) is 0 Å². The number of rotatable bonds is 7. The van der Waals surface area contributed by atoms with Gasteiger partial charge in [-0.25, -0.2) is 0 Å². The minimum absolute atomic E-state index is 0.221. The van der Waals surface area contributed by atoms with Crippen molar-refractivity contribution >= 4 is 5.97 Å². The van der Waals surface area contributed by atoms with Gasteiger partial charge in [0, 0.05) is 13.0 Å². The van der Waals surface area contributed by atoms with Gasteiger partial charge in [-0.3, -0.25) is 4.79 Å². The van der Waals surface area contributed by atoms with Crippen molar-refractivity contribution in [1.29, 1.82) is 0 Å². The lowest BCUT2D eigenvalue weighted by Gasteiger charge is -2.16. The Bertz CT molecular complexity index is 148. The van der Waals surface area contributed by atoms with Crippen LogP contribution in [-0.2, 0) is 4.79 Å². The summed E-state index contributed by atoms with van der Waals surface area (Å²) in [6, 6.07) is 0. The van der Waals surface area contributed by atoms with Crippen molar-refractivity contribution < 1.29 is 15.0 Å². The Kier molecular flexibility index (Phi) is 6.54. The lowest BCUT2D eigenvalue weighted by molar-refractivity contribution is -0.137. The number of carboxylic acid groups (broad SMARTS) is 1. The molecular weight excluding hydrogens is 170 g/mol. The summed E-state index contributed by atoms with van der Waals surface area (Å²) in [7, 11) is 1.93. The maximum atomic E-state index is 10.2. The van der Waals surface area contributed by atoms with Gasteiger partial charge in [0.2, 0.25) is 0 Å². The van der Waals surface area contributed by atoms with Crippen molar-refractivity contribution in [2.45, 2.75) is 32.3 Å². The van der Waals surface area contributed by atoms with Crippen LogP contribution in [0.5, 0.6) is 0 Å². The highest BCUT2D eigenvalue weighted by molar-refractivity contribution is 5.66. The van der Waals surface area contributed by atoms with E-state index in [1.807, 2.05) is 11.9 Å². The van der Waals surface area contributed by atoms with Crippen LogP contribution < -0.4 is 0 Å². The number of hydrogen-bond acceptors (Lipinski definition) is 3. The molecule has 13 heavy (non-hydrogen) atoms. The molecule has 1 atom stereocenters. The normalized spacial score (nSPS) is 13.2. The molecule has 1 unspecified atom stereocenters. The molecule has 0 radical (unpaired) electrons. The fraction of sp³-hybridized carbons (Fsp3) is 0.889. The standard InChI is InChI=1S/C9H19NO3/c1-8(11)5-7-10(2)6-3-4-9(12)13/h8,11H,3-7H2,1-2H3,(H,12,13). The largest absolute Gasteiger partial charge is 0.481 e. The minimum atomic E-state index is -0.746. The molecule has 4 heteroatoms. The SMILES string of the molecule is CC(O)CCN(C)CCCC(=O)O. The summed E-state index contributed by atoms with van der Waals surface area (Å²) >= 11 is 0. The van der Waals surface area contributed by atoms with E-state index in [0.717, 1.165) is 19.5 Å². The van der Waals surface area contributed by atoms with Crippen molar-refractivity contribution in [3.05, 3.63) is 0 Å². The summed E-state index contributed by atoms with van der Waals surface area (Å²) in [6.45, 7) is 3.35. The Morgan fingerprint density at radius 2 is 2.08 bits per heavy atom. The minimum Gasteiger partial charge on any atom is -0.481 e. The van der Waals surface area contributed by atoms with Crippen molar-refractivity contribution in [2.75, 3.05) is 20.1 Å². The van der Waals surface area contributed by atoms with Gasteiger partial charge in [-0.2, -0.15) is 0 Å². The molecule has 0 heterocycles. The van der Waals surface area contributed by atoms with E-state index < -0.39 is 5.97 Å². The van der Waals surface area contributed by atoms with E-state index in [1.165, 1.54) is 0 Å². The maximum absolute atomic E-state index is 10.2. The van der Waals surface area contributed by atoms with Gasteiger partial charge in [0.15, 0.2) is 0 Å². The van der Waals surface area contributed by atoms with E-state index in [0.29, 0.717) is 6.42 Å². The third-order valence-corrected chi connectivity index (χ3v) is 1.86. The molecule has 0 rings (SSSR count). The van der Waals surface area contributed by atoms with Crippen LogP contribution in [0, 0.1) is 0 Å². The van der Waals surface area contributed by atoms with Crippen LogP contribution in [-0.4, -0.2) is 47.3 Å². The highest BCUT2D eigenvalue weighted by Gasteiger charge is 2.02. The number of aliphatic hydroxyl groups is 1. The molecule has 0 bridgehead atoms. The number of aliphatic hydroxyl groups excluding tert-OH is 1. The number of carboxylic acids is 1. The van der Waals surface area contributed by atoms with Crippen LogP contribution >= 0.6 is 0 Å². The molecule has 0 aromatic rings. The van der Waals surface area contributed by atoms with E-state index in [9.17, 15) is 4.79 Å². The topological polar surface area (TPSA) is 60.8 Å². The number of nitrogens with zero attached hydrogens (tertiary/aromatic N) is 1. The molecule has 4 nitrogen and oxygen atoms in total. The van der Waals surface area contributed by atoms with Crippen molar-refractivity contribution in [1.82, 2.24) is 4.90 Å². The van der Waals surface area contributed by atoms with Gasteiger partial charge in [-0.05, 0) is 33.4 Å². The highest BCUT2D eigenvalue weighted by atomic mass is 16.4. The molecule has 78 valence electrons. The highest BCUT2D eigenvalue weighted by Crippen LogP contribution is 1.96. The van der Waals surface area contributed by atoms with Gasteiger partial charge < -0.3 is 15.1 Å². The second kappa shape index (κ2) is 6.86. The smallest absolute Gasteiger partial charge is 0.303 e. The third-order valence-electron chi connectivity index (χ3n) is 1.86. The molecular formula is C9H19NO3. The van der Waals surface area contributed by atoms with E-state index in [2.05, 4.69) is 0 Å². The molecule has 2 N–H and O–H groups in total. The molecule has 0 aliphatic carbocycles. The Balaban J connectivity index is 3.29. The van der Waals surface area contributed by atoms with Crippen molar-refractivity contribution in [3.8, 4) is 0 Å². The van der Waals surface area contributed by atoms with Crippen molar-refractivity contribution in [3.63, 3.8) is 0 Å². The van der Waals surface area contributed by atoms with Gasteiger partial charge in [-0.1, -0.05) is 0 Å². The average molecular weight is 189 g/mol. The molecule has 0 saturated carbocycles. The van der Waals surface area contributed by atoms with Crippen LogP contribution in [0.2, 0.25) is 0 Å². The van der Waals surface area contributed by atoms with Gasteiger partial charge in [0.05, 0.1) is 6.10 Å². The van der Waals surface area contributed by atoms with Crippen LogP contribution in [0.1, 0.15) is 26.2 Å². The van der Waals surface area contributed by atoms with Gasteiger partial charge in [0.1, 0.15) is 0 Å². The van der Waals surface area contributed by atoms with E-state index in [4.69, 9.17) is 10.2 Å². The van der Waals surface area contributed by atoms with Crippen LogP contribution in [0.15, 0.2) is 0 Å². The molecule has 0 spiro atoms. The molecule has 0 amide bonds. The first-order chi connectivity index (χ1) is 6.02. The van der Waals surface area contributed by atoms with E-state index in [-0.39, 0.29) is 12.5 Å². The summed E-state index contributed by atoms with van der Waals surface area (Å²) < 4.78 is 0. The predicted octanol–water partition coefficient (Wildman–Crippen LogP) is 0.554. The molecule has 0 saturated heterocycles. The number of hydrogen-bond donors (Lipinski definition) is 2. The second-order valence-electron chi connectivity index (χ2n) is 3.44. The molecule has 0 aliphatic rings. The molecule has 0 aromatic carbocycles. The average Bonchev–Trinajstić information content (AvgIpc) is 2.00. The molecule has 0 aliphatic heterocycles. The number of aliphatic carboxylic acids is 1. The summed E-state index contributed by atoms with van der Waals surface area (Å²) in [6.07, 6.45) is 1.36. The Labute approximate surface area is 79.2 Å².